The summed E-state index contributed by atoms with van der Waals surface area (Å²) in [6.45, 7) is 1.65. The van der Waals surface area contributed by atoms with Gasteiger partial charge in [-0.1, -0.05) is 6.07 Å². The van der Waals surface area contributed by atoms with Crippen LogP contribution in [-0.2, 0) is 0 Å². The molecule has 0 amide bonds. The van der Waals surface area contributed by atoms with Crippen molar-refractivity contribution in [3.8, 4) is 0 Å². The van der Waals surface area contributed by atoms with Crippen molar-refractivity contribution in [2.75, 3.05) is 6.61 Å². The Labute approximate surface area is 83.0 Å². The summed E-state index contributed by atoms with van der Waals surface area (Å²) in [5.74, 6) is -0.276. The molecule has 0 aliphatic carbocycles. The molecule has 1 aromatic carbocycles. The lowest BCUT2D eigenvalue weighted by molar-refractivity contribution is 0.267. The minimum atomic E-state index is -0.411. The highest BCUT2D eigenvalue weighted by Gasteiger charge is 2.07. The maximum atomic E-state index is 12.6. The minimum absolute atomic E-state index is 0. The summed E-state index contributed by atoms with van der Waals surface area (Å²) in [4.78, 5) is 0. The Bertz CT molecular complexity index is 280. The Morgan fingerprint density at radius 2 is 2.15 bits per heavy atom. The molecule has 2 nitrogen and oxygen atoms in total. The van der Waals surface area contributed by atoms with Crippen LogP contribution in [0.1, 0.15) is 17.2 Å². The SMILES string of the molecule is Cc1cc(F)ccc1[C@H](N)CO.Cl. The van der Waals surface area contributed by atoms with E-state index in [4.69, 9.17) is 10.8 Å². The molecule has 0 aliphatic heterocycles. The van der Waals surface area contributed by atoms with Crippen molar-refractivity contribution >= 4 is 12.4 Å². The molecule has 1 rings (SSSR count). The average Bonchev–Trinajstić information content (AvgIpc) is 2.03. The molecule has 0 unspecified atom stereocenters. The number of aryl methyl sites for hydroxylation is 1. The van der Waals surface area contributed by atoms with Gasteiger partial charge in [-0.15, -0.1) is 12.4 Å². The molecule has 3 N–H and O–H groups in total. The van der Waals surface area contributed by atoms with Gasteiger partial charge in [0.1, 0.15) is 5.82 Å². The second-order valence-corrected chi connectivity index (χ2v) is 2.79. The van der Waals surface area contributed by atoms with Gasteiger partial charge in [0.05, 0.1) is 12.6 Å². The molecule has 0 aromatic heterocycles. The lowest BCUT2D eigenvalue weighted by Gasteiger charge is -2.11. The molecular weight excluding hydrogens is 193 g/mol. The average molecular weight is 206 g/mol. The highest BCUT2D eigenvalue weighted by atomic mass is 35.5. The monoisotopic (exact) mass is 205 g/mol. The number of benzene rings is 1. The van der Waals surface area contributed by atoms with Gasteiger partial charge in [-0.05, 0) is 30.2 Å². The Kier molecular flexibility index (Phi) is 4.91. The maximum Gasteiger partial charge on any atom is 0.123 e. The van der Waals surface area contributed by atoms with Crippen molar-refractivity contribution in [1.29, 1.82) is 0 Å². The highest BCUT2D eigenvalue weighted by Crippen LogP contribution is 2.15. The van der Waals surface area contributed by atoms with E-state index in [9.17, 15) is 4.39 Å². The quantitative estimate of drug-likeness (QED) is 0.770. The van der Waals surface area contributed by atoms with Crippen molar-refractivity contribution < 1.29 is 9.50 Å². The summed E-state index contributed by atoms with van der Waals surface area (Å²) < 4.78 is 12.6. The maximum absolute atomic E-state index is 12.6. The molecule has 0 bridgehead atoms. The summed E-state index contributed by atoms with van der Waals surface area (Å²) in [7, 11) is 0. The number of hydrogen-bond acceptors (Lipinski definition) is 2. The summed E-state index contributed by atoms with van der Waals surface area (Å²) in [6, 6.07) is 3.94. The van der Waals surface area contributed by atoms with Crippen LogP contribution in [0.3, 0.4) is 0 Å². The molecule has 0 radical (unpaired) electrons. The van der Waals surface area contributed by atoms with Gasteiger partial charge in [-0.25, -0.2) is 4.39 Å². The van der Waals surface area contributed by atoms with E-state index in [-0.39, 0.29) is 24.8 Å². The van der Waals surface area contributed by atoms with Crippen LogP contribution in [0.4, 0.5) is 4.39 Å². The summed E-state index contributed by atoms with van der Waals surface area (Å²) in [6.07, 6.45) is 0. The van der Waals surface area contributed by atoms with Crippen LogP contribution in [0.25, 0.3) is 0 Å². The number of aliphatic hydroxyl groups excluding tert-OH is 1. The zero-order chi connectivity index (χ0) is 9.14. The Morgan fingerprint density at radius 3 is 2.62 bits per heavy atom. The van der Waals surface area contributed by atoms with Crippen molar-refractivity contribution in [2.45, 2.75) is 13.0 Å². The number of hydrogen-bond donors (Lipinski definition) is 2. The number of halogens is 2. The first-order chi connectivity index (χ1) is 5.65. The third kappa shape index (κ3) is 2.95. The van der Waals surface area contributed by atoms with E-state index in [1.54, 1.807) is 13.0 Å². The van der Waals surface area contributed by atoms with Crippen LogP contribution in [0.2, 0.25) is 0 Å². The molecule has 0 heterocycles. The van der Waals surface area contributed by atoms with Gasteiger partial charge in [0.2, 0.25) is 0 Å². The van der Waals surface area contributed by atoms with Crippen LogP contribution in [-0.4, -0.2) is 11.7 Å². The van der Waals surface area contributed by atoms with Gasteiger partial charge in [0.15, 0.2) is 0 Å². The predicted molar refractivity (Wildman–Crippen MR) is 52.4 cm³/mol. The molecule has 0 saturated heterocycles. The number of nitrogens with two attached hydrogens (primary N) is 1. The lowest BCUT2D eigenvalue weighted by atomic mass is 10.0. The molecule has 74 valence electrons. The molecule has 4 heteroatoms. The fraction of sp³-hybridized carbons (Fsp3) is 0.333. The topological polar surface area (TPSA) is 46.2 Å². The highest BCUT2D eigenvalue weighted by molar-refractivity contribution is 5.85. The molecule has 0 saturated carbocycles. The molecule has 0 aliphatic rings. The normalized spacial score (nSPS) is 12.0. The van der Waals surface area contributed by atoms with E-state index in [2.05, 4.69) is 0 Å². The molecule has 0 fully saturated rings. The summed E-state index contributed by atoms with van der Waals surface area (Å²) in [5, 5.41) is 8.76. The van der Waals surface area contributed by atoms with Gasteiger partial charge in [0, 0.05) is 0 Å². The number of rotatable bonds is 2. The third-order valence-corrected chi connectivity index (χ3v) is 1.83. The molecule has 0 spiro atoms. The molecule has 1 aromatic rings. The first-order valence-corrected chi connectivity index (χ1v) is 3.77. The van der Waals surface area contributed by atoms with Gasteiger partial charge >= 0.3 is 0 Å². The smallest absolute Gasteiger partial charge is 0.123 e. The van der Waals surface area contributed by atoms with E-state index in [1.165, 1.54) is 12.1 Å². The predicted octanol–water partition coefficient (Wildman–Crippen LogP) is 1.55. The lowest BCUT2D eigenvalue weighted by Crippen LogP contribution is -2.15. The van der Waals surface area contributed by atoms with Crippen molar-refractivity contribution in [1.82, 2.24) is 0 Å². The van der Waals surface area contributed by atoms with E-state index < -0.39 is 6.04 Å². The van der Waals surface area contributed by atoms with Crippen LogP contribution in [0.5, 0.6) is 0 Å². The number of aliphatic hydroxyl groups is 1. The standard InChI is InChI=1S/C9H12FNO.ClH/c1-6-4-7(10)2-3-8(6)9(11)5-12;/h2-4,9,12H,5,11H2,1H3;1H/t9-;/m1./s1. The second kappa shape index (κ2) is 5.17. The minimum Gasteiger partial charge on any atom is -0.394 e. The second-order valence-electron chi connectivity index (χ2n) is 2.79. The third-order valence-electron chi connectivity index (χ3n) is 1.83. The Hall–Kier alpha value is -0.640. The van der Waals surface area contributed by atoms with Crippen molar-refractivity contribution in [3.05, 3.63) is 35.1 Å². The van der Waals surface area contributed by atoms with E-state index >= 15 is 0 Å². The first kappa shape index (κ1) is 12.4. The van der Waals surface area contributed by atoms with Gasteiger partial charge < -0.3 is 10.8 Å². The Balaban J connectivity index is 0.00000144. The Morgan fingerprint density at radius 1 is 1.54 bits per heavy atom. The van der Waals surface area contributed by atoms with E-state index in [1.807, 2.05) is 0 Å². The van der Waals surface area contributed by atoms with E-state index in [0.717, 1.165) is 11.1 Å². The van der Waals surface area contributed by atoms with Gasteiger partial charge in [-0.3, -0.25) is 0 Å². The molecule has 1 atom stereocenters. The fourth-order valence-corrected chi connectivity index (χ4v) is 1.15. The van der Waals surface area contributed by atoms with E-state index in [0.29, 0.717) is 0 Å². The zero-order valence-electron chi connectivity index (χ0n) is 7.33. The van der Waals surface area contributed by atoms with Crippen LogP contribution in [0.15, 0.2) is 18.2 Å². The fourth-order valence-electron chi connectivity index (χ4n) is 1.15. The molecular formula is C9H13ClFNO. The molecule has 13 heavy (non-hydrogen) atoms. The van der Waals surface area contributed by atoms with Crippen molar-refractivity contribution in [2.24, 2.45) is 5.73 Å². The van der Waals surface area contributed by atoms with Crippen molar-refractivity contribution in [3.63, 3.8) is 0 Å². The first-order valence-electron chi connectivity index (χ1n) is 3.77. The largest absolute Gasteiger partial charge is 0.394 e. The van der Waals surface area contributed by atoms with Crippen LogP contribution >= 0.6 is 12.4 Å². The van der Waals surface area contributed by atoms with Crippen LogP contribution in [0, 0.1) is 12.7 Å². The summed E-state index contributed by atoms with van der Waals surface area (Å²) >= 11 is 0. The zero-order valence-corrected chi connectivity index (χ0v) is 8.14. The van der Waals surface area contributed by atoms with Gasteiger partial charge in [-0.2, -0.15) is 0 Å². The summed E-state index contributed by atoms with van der Waals surface area (Å²) in [5.41, 5.74) is 7.14. The van der Waals surface area contributed by atoms with Crippen LogP contribution < -0.4 is 5.73 Å². The van der Waals surface area contributed by atoms with Gasteiger partial charge in [0.25, 0.3) is 0 Å².